The van der Waals surface area contributed by atoms with Gasteiger partial charge in [0.1, 0.15) is 5.75 Å². The van der Waals surface area contributed by atoms with Crippen LogP contribution in [0.2, 0.25) is 0 Å². The van der Waals surface area contributed by atoms with Gasteiger partial charge in [0.15, 0.2) is 6.10 Å². The zero-order valence-corrected chi connectivity index (χ0v) is 10.0. The maximum Gasteiger partial charge on any atom is 0.258 e. The Kier molecular flexibility index (Phi) is 4.19. The van der Waals surface area contributed by atoms with Crippen LogP contribution in [-0.2, 0) is 4.79 Å². The van der Waals surface area contributed by atoms with Gasteiger partial charge in [-0.3, -0.25) is 4.79 Å². The largest absolute Gasteiger partial charge is 0.480 e. The predicted molar refractivity (Wildman–Crippen MR) is 63.1 cm³/mol. The number of ether oxygens (including phenoxy) is 1. The molecule has 1 rings (SSSR count). The number of primary amides is 1. The molecule has 0 heterocycles. The van der Waals surface area contributed by atoms with E-state index in [0.717, 1.165) is 3.57 Å². The predicted octanol–water partition coefficient (Wildman–Crippen LogP) is 1.93. The molecule has 4 heteroatoms. The molecule has 76 valence electrons. The Morgan fingerprint density at radius 1 is 1.57 bits per heavy atom. The molecule has 3 nitrogen and oxygen atoms in total. The fourth-order valence-electron chi connectivity index (χ4n) is 1.04. The summed E-state index contributed by atoms with van der Waals surface area (Å²) in [7, 11) is 0. The van der Waals surface area contributed by atoms with Crippen LogP contribution in [0.5, 0.6) is 5.75 Å². The van der Waals surface area contributed by atoms with Gasteiger partial charge in [-0.25, -0.2) is 0 Å². The molecule has 14 heavy (non-hydrogen) atoms. The first kappa shape index (κ1) is 11.3. The fourth-order valence-corrected chi connectivity index (χ4v) is 1.55. The summed E-state index contributed by atoms with van der Waals surface area (Å²) < 4.78 is 6.45. The third kappa shape index (κ3) is 2.87. The number of hydrogen-bond acceptors (Lipinski definition) is 2. The van der Waals surface area contributed by atoms with Gasteiger partial charge < -0.3 is 10.5 Å². The molecule has 0 saturated heterocycles. The first-order valence-corrected chi connectivity index (χ1v) is 5.43. The third-order valence-corrected chi connectivity index (χ3v) is 2.69. The van der Waals surface area contributed by atoms with Crippen LogP contribution in [0.15, 0.2) is 24.3 Å². The van der Waals surface area contributed by atoms with E-state index >= 15 is 0 Å². The van der Waals surface area contributed by atoms with Gasteiger partial charge in [0.25, 0.3) is 5.91 Å². The summed E-state index contributed by atoms with van der Waals surface area (Å²) in [6.45, 7) is 1.87. The summed E-state index contributed by atoms with van der Waals surface area (Å²) in [4.78, 5) is 10.9. The lowest BCUT2D eigenvalue weighted by molar-refractivity contribution is -0.124. The molecular formula is C10H12INO2. The summed E-state index contributed by atoms with van der Waals surface area (Å²) in [5, 5.41) is 0. The van der Waals surface area contributed by atoms with Crippen LogP contribution in [0.4, 0.5) is 0 Å². The molecule has 0 aliphatic heterocycles. The Bertz CT molecular complexity index is 328. The van der Waals surface area contributed by atoms with Crippen LogP contribution in [0.25, 0.3) is 0 Å². The van der Waals surface area contributed by atoms with Crippen molar-refractivity contribution in [2.75, 3.05) is 0 Å². The number of benzene rings is 1. The number of rotatable bonds is 4. The highest BCUT2D eigenvalue weighted by Crippen LogP contribution is 2.21. The Hall–Kier alpha value is -0.780. The minimum Gasteiger partial charge on any atom is -0.480 e. The quantitative estimate of drug-likeness (QED) is 0.864. The maximum absolute atomic E-state index is 10.9. The third-order valence-electron chi connectivity index (χ3n) is 1.79. The van der Waals surface area contributed by atoms with Crippen molar-refractivity contribution in [2.24, 2.45) is 5.73 Å². The van der Waals surface area contributed by atoms with Crippen molar-refractivity contribution in [3.05, 3.63) is 27.8 Å². The number of halogens is 1. The fraction of sp³-hybridized carbons (Fsp3) is 0.300. The standard InChI is InChI=1S/C10H12INO2/c1-2-8(10(12)13)14-9-6-4-3-5-7(9)11/h3-6,8H,2H2,1H3,(H2,12,13). The molecule has 0 aliphatic carbocycles. The zero-order valence-electron chi connectivity index (χ0n) is 7.87. The van der Waals surface area contributed by atoms with Gasteiger partial charge in [0.2, 0.25) is 0 Å². The number of carbonyl (C=O) groups is 1. The van der Waals surface area contributed by atoms with Crippen LogP contribution in [-0.4, -0.2) is 12.0 Å². The molecule has 0 aromatic heterocycles. The minimum absolute atomic E-state index is 0.424. The normalized spacial score (nSPS) is 12.1. The average Bonchev–Trinajstić information content (AvgIpc) is 2.16. The summed E-state index contributed by atoms with van der Waals surface area (Å²) in [6, 6.07) is 7.53. The number of carbonyl (C=O) groups excluding carboxylic acids is 1. The topological polar surface area (TPSA) is 52.3 Å². The highest BCUT2D eigenvalue weighted by atomic mass is 127. The van der Waals surface area contributed by atoms with Gasteiger partial charge in [0.05, 0.1) is 3.57 Å². The molecule has 1 aromatic carbocycles. The van der Waals surface area contributed by atoms with Gasteiger partial charge in [-0.2, -0.15) is 0 Å². The molecule has 1 amide bonds. The van der Waals surface area contributed by atoms with E-state index in [1.165, 1.54) is 0 Å². The van der Waals surface area contributed by atoms with Crippen molar-refractivity contribution < 1.29 is 9.53 Å². The Labute approximate surface area is 96.8 Å². The van der Waals surface area contributed by atoms with Crippen molar-refractivity contribution in [1.29, 1.82) is 0 Å². The summed E-state index contributed by atoms with van der Waals surface area (Å²) in [6.07, 6.45) is 0.0474. The van der Waals surface area contributed by atoms with Crippen LogP contribution >= 0.6 is 22.6 Å². The van der Waals surface area contributed by atoms with Gasteiger partial charge in [0, 0.05) is 0 Å². The summed E-state index contributed by atoms with van der Waals surface area (Å²) in [5.41, 5.74) is 5.18. The molecule has 0 aliphatic rings. The molecule has 0 saturated carbocycles. The molecule has 0 fully saturated rings. The molecule has 0 bridgehead atoms. The van der Waals surface area contributed by atoms with Crippen molar-refractivity contribution >= 4 is 28.5 Å². The van der Waals surface area contributed by atoms with E-state index in [9.17, 15) is 4.79 Å². The van der Waals surface area contributed by atoms with E-state index < -0.39 is 12.0 Å². The number of amides is 1. The van der Waals surface area contributed by atoms with E-state index in [0.29, 0.717) is 12.2 Å². The molecule has 0 radical (unpaired) electrons. The second kappa shape index (κ2) is 5.19. The van der Waals surface area contributed by atoms with Gasteiger partial charge in [-0.05, 0) is 41.1 Å². The number of hydrogen-bond donors (Lipinski definition) is 1. The van der Waals surface area contributed by atoms with Crippen LogP contribution < -0.4 is 10.5 Å². The van der Waals surface area contributed by atoms with Crippen molar-refractivity contribution in [2.45, 2.75) is 19.4 Å². The maximum atomic E-state index is 10.9. The van der Waals surface area contributed by atoms with Gasteiger partial charge >= 0.3 is 0 Å². The van der Waals surface area contributed by atoms with Crippen LogP contribution in [0, 0.1) is 3.57 Å². The highest BCUT2D eigenvalue weighted by molar-refractivity contribution is 14.1. The molecule has 1 unspecified atom stereocenters. The second-order valence-corrected chi connectivity index (χ2v) is 4.01. The van der Waals surface area contributed by atoms with E-state index in [2.05, 4.69) is 22.6 Å². The summed E-state index contributed by atoms with van der Waals surface area (Å²) in [5.74, 6) is 0.283. The van der Waals surface area contributed by atoms with Crippen molar-refractivity contribution in [1.82, 2.24) is 0 Å². The lowest BCUT2D eigenvalue weighted by Crippen LogP contribution is -2.33. The van der Waals surface area contributed by atoms with Crippen molar-refractivity contribution in [3.8, 4) is 5.75 Å². The SMILES string of the molecule is CCC(Oc1ccccc1I)C(N)=O. The van der Waals surface area contributed by atoms with Gasteiger partial charge in [-0.15, -0.1) is 0 Å². The van der Waals surface area contributed by atoms with E-state index in [4.69, 9.17) is 10.5 Å². The molecule has 0 spiro atoms. The lowest BCUT2D eigenvalue weighted by Gasteiger charge is -2.14. The monoisotopic (exact) mass is 305 g/mol. The Morgan fingerprint density at radius 3 is 2.71 bits per heavy atom. The van der Waals surface area contributed by atoms with Crippen LogP contribution in [0.1, 0.15) is 13.3 Å². The Morgan fingerprint density at radius 2 is 2.21 bits per heavy atom. The minimum atomic E-state index is -0.536. The van der Waals surface area contributed by atoms with E-state index in [1.54, 1.807) is 0 Å². The number of para-hydroxylation sites is 1. The lowest BCUT2D eigenvalue weighted by atomic mass is 10.2. The molecular weight excluding hydrogens is 293 g/mol. The summed E-state index contributed by atoms with van der Waals surface area (Å²) >= 11 is 2.16. The number of nitrogens with two attached hydrogens (primary N) is 1. The first-order chi connectivity index (χ1) is 6.65. The van der Waals surface area contributed by atoms with E-state index in [-0.39, 0.29) is 0 Å². The Balaban J connectivity index is 2.77. The average molecular weight is 305 g/mol. The molecule has 2 N–H and O–H groups in total. The smallest absolute Gasteiger partial charge is 0.258 e. The van der Waals surface area contributed by atoms with Crippen molar-refractivity contribution in [3.63, 3.8) is 0 Å². The second-order valence-electron chi connectivity index (χ2n) is 2.85. The molecule has 1 aromatic rings. The van der Waals surface area contributed by atoms with E-state index in [1.807, 2.05) is 31.2 Å². The van der Waals surface area contributed by atoms with Gasteiger partial charge in [-0.1, -0.05) is 19.1 Å². The highest BCUT2D eigenvalue weighted by Gasteiger charge is 2.15. The first-order valence-electron chi connectivity index (χ1n) is 4.35. The molecule has 1 atom stereocenters. The zero-order chi connectivity index (χ0) is 10.6. The van der Waals surface area contributed by atoms with Crippen LogP contribution in [0.3, 0.4) is 0 Å².